The average molecular weight is 397 g/mol. The van der Waals surface area contributed by atoms with Gasteiger partial charge >= 0.3 is 0 Å². The van der Waals surface area contributed by atoms with E-state index in [0.717, 1.165) is 44.6 Å². The molecule has 0 amide bonds. The number of aryl methyl sites for hydroxylation is 1. The molecule has 0 saturated carbocycles. The van der Waals surface area contributed by atoms with Gasteiger partial charge in [0.2, 0.25) is 0 Å². The highest BCUT2D eigenvalue weighted by molar-refractivity contribution is 6.30. The van der Waals surface area contributed by atoms with Crippen molar-refractivity contribution in [3.8, 4) is 11.4 Å². The molecule has 5 aromatic rings. The fourth-order valence-electron chi connectivity index (χ4n) is 4.21. The SMILES string of the molecule is Cc1ccc2nc(Cl)c(C3Nc4ccccc4-c4nc5ccccc5n43)cc2c1. The fourth-order valence-corrected chi connectivity index (χ4v) is 4.46. The van der Waals surface area contributed by atoms with Crippen molar-refractivity contribution >= 4 is 39.2 Å². The van der Waals surface area contributed by atoms with E-state index in [-0.39, 0.29) is 6.17 Å². The summed E-state index contributed by atoms with van der Waals surface area (Å²) in [5.41, 5.74) is 7.19. The number of nitrogens with one attached hydrogen (secondary N) is 1. The van der Waals surface area contributed by atoms with Crippen LogP contribution in [0.3, 0.4) is 0 Å². The second-order valence-corrected chi connectivity index (χ2v) is 7.81. The average Bonchev–Trinajstić information content (AvgIpc) is 3.13. The number of aromatic nitrogens is 3. The molecule has 3 aromatic carbocycles. The fraction of sp³-hybridized carbons (Fsp3) is 0.0833. The maximum Gasteiger partial charge on any atom is 0.145 e. The predicted octanol–water partition coefficient (Wildman–Crippen LogP) is 6.19. The lowest BCUT2D eigenvalue weighted by Gasteiger charge is -2.30. The first-order valence-electron chi connectivity index (χ1n) is 9.59. The van der Waals surface area contributed by atoms with Crippen molar-refractivity contribution in [2.24, 2.45) is 0 Å². The van der Waals surface area contributed by atoms with Gasteiger partial charge in [-0.2, -0.15) is 0 Å². The number of para-hydroxylation sites is 3. The molecule has 5 heteroatoms. The first-order valence-corrected chi connectivity index (χ1v) is 9.96. The summed E-state index contributed by atoms with van der Waals surface area (Å²) < 4.78 is 2.22. The van der Waals surface area contributed by atoms with Crippen molar-refractivity contribution in [3.63, 3.8) is 0 Å². The van der Waals surface area contributed by atoms with Gasteiger partial charge in [0, 0.05) is 22.2 Å². The molecule has 0 spiro atoms. The maximum absolute atomic E-state index is 6.70. The molecule has 29 heavy (non-hydrogen) atoms. The molecule has 0 fully saturated rings. The Kier molecular flexibility index (Phi) is 3.46. The van der Waals surface area contributed by atoms with Crippen LogP contribution in [0.4, 0.5) is 5.69 Å². The number of fused-ring (bicyclic) bond motifs is 6. The van der Waals surface area contributed by atoms with Crippen molar-refractivity contribution in [2.45, 2.75) is 13.1 Å². The monoisotopic (exact) mass is 396 g/mol. The zero-order valence-corrected chi connectivity index (χ0v) is 16.5. The molecule has 1 unspecified atom stereocenters. The van der Waals surface area contributed by atoms with E-state index in [9.17, 15) is 0 Å². The number of anilines is 1. The van der Waals surface area contributed by atoms with Gasteiger partial charge < -0.3 is 5.32 Å². The van der Waals surface area contributed by atoms with Crippen molar-refractivity contribution in [1.82, 2.24) is 14.5 Å². The first-order chi connectivity index (χ1) is 14.2. The molecule has 1 aliphatic rings. The van der Waals surface area contributed by atoms with Gasteiger partial charge in [-0.15, -0.1) is 0 Å². The zero-order valence-electron chi connectivity index (χ0n) is 15.7. The molecule has 140 valence electrons. The third-order valence-corrected chi connectivity index (χ3v) is 5.86. The van der Waals surface area contributed by atoms with Gasteiger partial charge in [0.25, 0.3) is 0 Å². The molecule has 0 bridgehead atoms. The summed E-state index contributed by atoms with van der Waals surface area (Å²) in [4.78, 5) is 9.61. The van der Waals surface area contributed by atoms with Crippen molar-refractivity contribution in [3.05, 3.63) is 89.1 Å². The zero-order chi connectivity index (χ0) is 19.5. The van der Waals surface area contributed by atoms with E-state index in [0.29, 0.717) is 5.15 Å². The summed E-state index contributed by atoms with van der Waals surface area (Å²) in [6.07, 6.45) is -0.197. The third-order valence-electron chi connectivity index (χ3n) is 5.56. The molecular weight excluding hydrogens is 380 g/mol. The van der Waals surface area contributed by atoms with Gasteiger partial charge in [-0.3, -0.25) is 4.57 Å². The van der Waals surface area contributed by atoms with Gasteiger partial charge in [-0.25, -0.2) is 9.97 Å². The predicted molar refractivity (Wildman–Crippen MR) is 118 cm³/mol. The Labute approximate surface area is 172 Å². The Morgan fingerprint density at radius 3 is 2.66 bits per heavy atom. The minimum Gasteiger partial charge on any atom is -0.360 e. The largest absolute Gasteiger partial charge is 0.360 e. The number of hydrogen-bond donors (Lipinski definition) is 1. The second-order valence-electron chi connectivity index (χ2n) is 7.45. The van der Waals surface area contributed by atoms with Gasteiger partial charge in [-0.05, 0) is 49.4 Å². The van der Waals surface area contributed by atoms with Gasteiger partial charge in [0.15, 0.2) is 0 Å². The lowest BCUT2D eigenvalue weighted by Crippen LogP contribution is -2.25. The summed E-state index contributed by atoms with van der Waals surface area (Å²) in [5, 5.41) is 5.25. The highest BCUT2D eigenvalue weighted by atomic mass is 35.5. The Morgan fingerprint density at radius 1 is 0.897 bits per heavy atom. The number of imidazole rings is 1. The van der Waals surface area contributed by atoms with E-state index in [1.165, 1.54) is 5.56 Å². The second kappa shape index (κ2) is 6.06. The molecule has 1 N–H and O–H groups in total. The van der Waals surface area contributed by atoms with E-state index in [1.807, 2.05) is 36.4 Å². The molecule has 1 atom stereocenters. The molecule has 3 heterocycles. The number of pyridine rings is 1. The van der Waals surface area contributed by atoms with Crippen LogP contribution >= 0.6 is 11.6 Å². The Balaban J connectivity index is 1.66. The molecular formula is C24H17ClN4. The van der Waals surface area contributed by atoms with Crippen molar-refractivity contribution in [2.75, 3.05) is 5.32 Å². The van der Waals surface area contributed by atoms with Gasteiger partial charge in [-0.1, -0.05) is 47.5 Å². The van der Waals surface area contributed by atoms with E-state index >= 15 is 0 Å². The maximum atomic E-state index is 6.70. The van der Waals surface area contributed by atoms with Crippen molar-refractivity contribution in [1.29, 1.82) is 0 Å². The standard InChI is InChI=1S/C24H17ClN4/c1-14-10-11-18-15(12-14)13-17(22(25)26-18)24-27-19-7-3-2-6-16(19)23-28-20-8-4-5-9-21(20)29(23)24/h2-13,24,27H,1H3. The summed E-state index contributed by atoms with van der Waals surface area (Å²) in [5.74, 6) is 0.936. The molecule has 0 radical (unpaired) electrons. The molecule has 1 aliphatic heterocycles. The molecule has 0 saturated heterocycles. The highest BCUT2D eigenvalue weighted by Gasteiger charge is 2.29. The number of nitrogens with zero attached hydrogens (tertiary/aromatic N) is 3. The van der Waals surface area contributed by atoms with Crippen LogP contribution in [-0.4, -0.2) is 14.5 Å². The summed E-state index contributed by atoms with van der Waals surface area (Å²) >= 11 is 6.70. The summed E-state index contributed by atoms with van der Waals surface area (Å²) in [6, 6.07) is 24.8. The van der Waals surface area contributed by atoms with Crippen LogP contribution in [0.25, 0.3) is 33.3 Å². The Bertz CT molecular complexity index is 1420. The van der Waals surface area contributed by atoms with E-state index in [4.69, 9.17) is 16.6 Å². The van der Waals surface area contributed by atoms with Gasteiger partial charge in [0.05, 0.1) is 16.6 Å². The Morgan fingerprint density at radius 2 is 1.72 bits per heavy atom. The van der Waals surface area contributed by atoms with Gasteiger partial charge in [0.1, 0.15) is 17.1 Å². The topological polar surface area (TPSA) is 42.7 Å². The van der Waals surface area contributed by atoms with E-state index < -0.39 is 0 Å². The lowest BCUT2D eigenvalue weighted by atomic mass is 10.0. The lowest BCUT2D eigenvalue weighted by molar-refractivity contribution is 0.668. The number of halogens is 1. The Hall–Kier alpha value is -3.37. The molecule has 0 aliphatic carbocycles. The molecule has 2 aromatic heterocycles. The van der Waals surface area contributed by atoms with Crippen LogP contribution < -0.4 is 5.32 Å². The number of rotatable bonds is 1. The quantitative estimate of drug-likeness (QED) is 0.344. The van der Waals surface area contributed by atoms with Crippen LogP contribution in [0.2, 0.25) is 5.15 Å². The highest BCUT2D eigenvalue weighted by Crippen LogP contribution is 2.42. The molecule has 6 rings (SSSR count). The number of hydrogen-bond acceptors (Lipinski definition) is 3. The first kappa shape index (κ1) is 16.6. The van der Waals surface area contributed by atoms with E-state index in [1.54, 1.807) is 0 Å². The number of benzene rings is 3. The summed E-state index contributed by atoms with van der Waals surface area (Å²) in [7, 11) is 0. The minimum atomic E-state index is -0.197. The van der Waals surface area contributed by atoms with Crippen LogP contribution in [0.1, 0.15) is 17.3 Å². The van der Waals surface area contributed by atoms with E-state index in [2.05, 4.69) is 58.2 Å². The van der Waals surface area contributed by atoms with Crippen LogP contribution in [-0.2, 0) is 0 Å². The van der Waals surface area contributed by atoms with Crippen molar-refractivity contribution < 1.29 is 0 Å². The minimum absolute atomic E-state index is 0.197. The molecule has 4 nitrogen and oxygen atoms in total. The summed E-state index contributed by atoms with van der Waals surface area (Å²) in [6.45, 7) is 2.09. The smallest absolute Gasteiger partial charge is 0.145 e. The third kappa shape index (κ3) is 2.46. The van der Waals surface area contributed by atoms with Crippen LogP contribution in [0.15, 0.2) is 72.8 Å². The van der Waals surface area contributed by atoms with Crippen LogP contribution in [0, 0.1) is 6.92 Å². The normalized spacial score (nSPS) is 15.2. The van der Waals surface area contributed by atoms with Crippen LogP contribution in [0.5, 0.6) is 0 Å².